The van der Waals surface area contributed by atoms with E-state index in [2.05, 4.69) is 70.6 Å². The van der Waals surface area contributed by atoms with Gasteiger partial charge in [0.15, 0.2) is 11.5 Å². The number of methoxy groups -OCH3 is 1. The monoisotopic (exact) mass is 562 g/mol. The number of nitrogens with one attached hydrogen (secondary N) is 1. The first-order valence-corrected chi connectivity index (χ1v) is 13.0. The van der Waals surface area contributed by atoms with E-state index in [4.69, 9.17) is 14.5 Å². The van der Waals surface area contributed by atoms with Crippen LogP contribution >= 0.6 is 27.3 Å². The molecule has 0 saturated carbocycles. The molecule has 1 heterocycles. The summed E-state index contributed by atoms with van der Waals surface area (Å²) in [5.74, 6) is 0.990. The lowest BCUT2D eigenvalue weighted by atomic mass is 10.1. The molecule has 0 saturated heterocycles. The zero-order chi connectivity index (χ0) is 25.1. The van der Waals surface area contributed by atoms with Gasteiger partial charge in [-0.05, 0) is 84.3 Å². The molecule has 0 radical (unpaired) electrons. The van der Waals surface area contributed by atoms with Gasteiger partial charge in [0.1, 0.15) is 17.4 Å². The van der Waals surface area contributed by atoms with Crippen LogP contribution in [0, 0.1) is 12.7 Å². The Bertz CT molecular complexity index is 1500. The summed E-state index contributed by atoms with van der Waals surface area (Å²) in [5.41, 5.74) is 6.30. The Morgan fingerprint density at radius 3 is 2.47 bits per heavy atom. The van der Waals surface area contributed by atoms with Crippen molar-refractivity contribution in [3.63, 3.8) is 0 Å². The largest absolute Gasteiger partial charge is 0.493 e. The van der Waals surface area contributed by atoms with Gasteiger partial charge in [0, 0.05) is 22.3 Å². The number of ether oxygens (including phenoxy) is 2. The quantitative estimate of drug-likeness (QED) is 0.206. The van der Waals surface area contributed by atoms with Crippen LogP contribution in [0.25, 0.3) is 20.8 Å². The summed E-state index contributed by atoms with van der Waals surface area (Å²) in [6.07, 6.45) is 0. The Morgan fingerprint density at radius 2 is 1.72 bits per heavy atom. The Balaban J connectivity index is 1.25. The van der Waals surface area contributed by atoms with Gasteiger partial charge in [0.25, 0.3) is 0 Å². The summed E-state index contributed by atoms with van der Waals surface area (Å²) in [4.78, 5) is 4.77. The van der Waals surface area contributed by atoms with Gasteiger partial charge in [-0.25, -0.2) is 9.37 Å². The number of fused-ring (bicyclic) bond motifs is 1. The molecule has 4 aromatic carbocycles. The van der Waals surface area contributed by atoms with Crippen molar-refractivity contribution in [2.24, 2.45) is 0 Å². The minimum absolute atomic E-state index is 0.266. The maximum Gasteiger partial charge on any atom is 0.162 e. The molecule has 0 amide bonds. The number of anilines is 1. The van der Waals surface area contributed by atoms with E-state index in [0.29, 0.717) is 24.7 Å². The van der Waals surface area contributed by atoms with Crippen molar-refractivity contribution in [1.29, 1.82) is 0 Å². The number of thiazole rings is 1. The molecule has 0 aliphatic rings. The average Bonchev–Trinajstić information content (AvgIpc) is 3.31. The first kappa shape index (κ1) is 24.3. The zero-order valence-electron chi connectivity index (χ0n) is 19.8. The molecule has 0 atom stereocenters. The van der Waals surface area contributed by atoms with Crippen molar-refractivity contribution < 1.29 is 13.9 Å². The lowest BCUT2D eigenvalue weighted by molar-refractivity contribution is 0.284. The summed E-state index contributed by atoms with van der Waals surface area (Å²) in [5, 5.41) is 4.49. The van der Waals surface area contributed by atoms with Crippen LogP contribution in [-0.4, -0.2) is 12.1 Å². The molecular weight excluding hydrogens is 539 g/mol. The van der Waals surface area contributed by atoms with Gasteiger partial charge in [-0.1, -0.05) is 34.1 Å². The number of aryl methyl sites for hydroxylation is 1. The predicted octanol–water partition coefficient (Wildman–Crippen LogP) is 8.37. The van der Waals surface area contributed by atoms with Gasteiger partial charge < -0.3 is 14.8 Å². The summed E-state index contributed by atoms with van der Waals surface area (Å²) in [6, 6.07) is 24.8. The van der Waals surface area contributed by atoms with Crippen molar-refractivity contribution >= 4 is 43.2 Å². The van der Waals surface area contributed by atoms with Crippen LogP contribution in [0.1, 0.15) is 16.7 Å². The standard InChI is InChI=1S/C29H24BrFN2O2S/c1-18-3-12-25-28(13-18)36-29(33-25)20-6-10-23(11-7-20)32-16-21-14-26(34-2)27(15-24(21)30)35-17-19-4-8-22(31)9-5-19/h3-15,32H,16-17H2,1-2H3. The molecule has 4 nitrogen and oxygen atoms in total. The minimum atomic E-state index is -0.266. The van der Waals surface area contributed by atoms with Crippen molar-refractivity contribution in [2.75, 3.05) is 12.4 Å². The number of hydrogen-bond donors (Lipinski definition) is 1. The summed E-state index contributed by atoms with van der Waals surface area (Å²) >= 11 is 5.36. The third kappa shape index (κ3) is 5.53. The highest BCUT2D eigenvalue weighted by atomic mass is 79.9. The van der Waals surface area contributed by atoms with E-state index in [1.54, 1.807) is 30.6 Å². The van der Waals surface area contributed by atoms with Crippen LogP contribution in [0.15, 0.2) is 83.3 Å². The van der Waals surface area contributed by atoms with E-state index in [-0.39, 0.29) is 5.82 Å². The van der Waals surface area contributed by atoms with Crippen LogP contribution < -0.4 is 14.8 Å². The summed E-state index contributed by atoms with van der Waals surface area (Å²) in [6.45, 7) is 3.03. The minimum Gasteiger partial charge on any atom is -0.493 e. The van der Waals surface area contributed by atoms with Gasteiger partial charge >= 0.3 is 0 Å². The fraction of sp³-hybridized carbons (Fsp3) is 0.138. The second-order valence-corrected chi connectivity index (χ2v) is 10.3. The average molecular weight is 563 g/mol. The fourth-order valence-corrected chi connectivity index (χ4v) is 5.34. The van der Waals surface area contributed by atoms with E-state index in [1.165, 1.54) is 22.4 Å². The Morgan fingerprint density at radius 1 is 0.944 bits per heavy atom. The number of aromatic nitrogens is 1. The number of benzene rings is 4. The zero-order valence-corrected chi connectivity index (χ0v) is 22.3. The van der Waals surface area contributed by atoms with E-state index >= 15 is 0 Å². The molecule has 182 valence electrons. The van der Waals surface area contributed by atoms with Gasteiger partial charge in [0.2, 0.25) is 0 Å². The molecule has 5 rings (SSSR count). The van der Waals surface area contributed by atoms with E-state index in [1.807, 2.05) is 12.1 Å². The first-order chi connectivity index (χ1) is 17.5. The SMILES string of the molecule is COc1cc(CNc2ccc(-c3nc4ccc(C)cc4s3)cc2)c(Br)cc1OCc1ccc(F)cc1. The molecule has 7 heteroatoms. The van der Waals surface area contributed by atoms with Crippen LogP contribution in [-0.2, 0) is 13.2 Å². The van der Waals surface area contributed by atoms with Gasteiger partial charge in [-0.2, -0.15) is 0 Å². The molecule has 1 aromatic heterocycles. The van der Waals surface area contributed by atoms with Crippen molar-refractivity contribution in [2.45, 2.75) is 20.1 Å². The highest BCUT2D eigenvalue weighted by molar-refractivity contribution is 9.10. The third-order valence-electron chi connectivity index (χ3n) is 5.80. The van der Waals surface area contributed by atoms with Crippen LogP contribution in [0.4, 0.5) is 10.1 Å². The Kier molecular flexibility index (Phi) is 7.20. The predicted molar refractivity (Wildman–Crippen MR) is 149 cm³/mol. The van der Waals surface area contributed by atoms with E-state index in [0.717, 1.165) is 37.4 Å². The number of halogens is 2. The molecule has 0 spiro atoms. The van der Waals surface area contributed by atoms with Crippen molar-refractivity contribution in [3.05, 3.63) is 106 Å². The normalized spacial score (nSPS) is 11.0. The maximum absolute atomic E-state index is 13.1. The molecular formula is C29H24BrFN2O2S. The summed E-state index contributed by atoms with van der Waals surface area (Å²) < 4.78 is 26.7. The van der Waals surface area contributed by atoms with Crippen LogP contribution in [0.5, 0.6) is 11.5 Å². The lowest BCUT2D eigenvalue weighted by Gasteiger charge is -2.15. The Labute approximate surface area is 221 Å². The van der Waals surface area contributed by atoms with E-state index in [9.17, 15) is 4.39 Å². The molecule has 36 heavy (non-hydrogen) atoms. The third-order valence-corrected chi connectivity index (χ3v) is 7.60. The second-order valence-electron chi connectivity index (χ2n) is 8.43. The first-order valence-electron chi connectivity index (χ1n) is 11.4. The highest BCUT2D eigenvalue weighted by Gasteiger charge is 2.12. The number of nitrogens with zero attached hydrogens (tertiary/aromatic N) is 1. The van der Waals surface area contributed by atoms with Crippen molar-refractivity contribution in [3.8, 4) is 22.1 Å². The van der Waals surface area contributed by atoms with Gasteiger partial charge in [-0.3, -0.25) is 0 Å². The lowest BCUT2D eigenvalue weighted by Crippen LogP contribution is -2.03. The van der Waals surface area contributed by atoms with Crippen LogP contribution in [0.2, 0.25) is 0 Å². The summed E-state index contributed by atoms with van der Waals surface area (Å²) in [7, 11) is 1.62. The Hall–Kier alpha value is -3.42. The van der Waals surface area contributed by atoms with Crippen molar-refractivity contribution in [1.82, 2.24) is 4.98 Å². The second kappa shape index (κ2) is 10.7. The fourth-order valence-electron chi connectivity index (χ4n) is 3.81. The van der Waals surface area contributed by atoms with Crippen LogP contribution in [0.3, 0.4) is 0 Å². The van der Waals surface area contributed by atoms with Gasteiger partial charge in [-0.15, -0.1) is 11.3 Å². The van der Waals surface area contributed by atoms with Gasteiger partial charge in [0.05, 0.1) is 17.3 Å². The maximum atomic E-state index is 13.1. The molecule has 0 unspecified atom stereocenters. The molecule has 1 N–H and O–H groups in total. The molecule has 0 fully saturated rings. The van der Waals surface area contributed by atoms with E-state index < -0.39 is 0 Å². The molecule has 5 aromatic rings. The number of rotatable bonds is 8. The highest BCUT2D eigenvalue weighted by Crippen LogP contribution is 2.35. The molecule has 0 aliphatic heterocycles. The topological polar surface area (TPSA) is 43.4 Å². The smallest absolute Gasteiger partial charge is 0.162 e. The molecule has 0 bridgehead atoms. The molecule has 0 aliphatic carbocycles. The number of hydrogen-bond acceptors (Lipinski definition) is 5.